The molecule has 1 N–H and O–H groups in total. The van der Waals surface area contributed by atoms with Crippen LogP contribution in [0.25, 0.3) is 0 Å². The zero-order valence-corrected chi connectivity index (χ0v) is 14.9. The standard InChI is InChI=1S/C20H22N2O4/c1-3-26-18-7-5-4-6-17(18)22-13-14(12-19(22)23)20(24)21-15-8-10-16(25-2)11-9-15/h4-11,14H,3,12-13H2,1-2H3,(H,21,24)/t14-/m1/s1. The summed E-state index contributed by atoms with van der Waals surface area (Å²) in [5, 5.41) is 2.86. The monoisotopic (exact) mass is 354 g/mol. The minimum atomic E-state index is -0.403. The van der Waals surface area contributed by atoms with Crippen molar-refractivity contribution in [2.24, 2.45) is 5.92 Å². The van der Waals surface area contributed by atoms with Crippen molar-refractivity contribution in [3.8, 4) is 11.5 Å². The Morgan fingerprint density at radius 2 is 1.92 bits per heavy atom. The van der Waals surface area contributed by atoms with E-state index in [0.717, 1.165) is 5.75 Å². The fourth-order valence-electron chi connectivity index (χ4n) is 2.99. The molecule has 1 atom stereocenters. The first-order valence-electron chi connectivity index (χ1n) is 8.59. The summed E-state index contributed by atoms with van der Waals surface area (Å²) in [6.45, 7) is 2.75. The summed E-state index contributed by atoms with van der Waals surface area (Å²) in [6, 6.07) is 14.5. The topological polar surface area (TPSA) is 67.9 Å². The number of carbonyl (C=O) groups excluding carboxylic acids is 2. The number of amides is 2. The predicted molar refractivity (Wildman–Crippen MR) is 99.7 cm³/mol. The molecule has 2 amide bonds. The lowest BCUT2D eigenvalue weighted by Gasteiger charge is -2.20. The van der Waals surface area contributed by atoms with E-state index in [4.69, 9.17) is 9.47 Å². The van der Waals surface area contributed by atoms with Crippen molar-refractivity contribution in [3.63, 3.8) is 0 Å². The maximum atomic E-state index is 12.5. The normalized spacial score (nSPS) is 16.5. The maximum absolute atomic E-state index is 12.5. The molecule has 136 valence electrons. The number of para-hydroxylation sites is 2. The third kappa shape index (κ3) is 3.79. The SMILES string of the molecule is CCOc1ccccc1N1C[C@H](C(=O)Nc2ccc(OC)cc2)CC1=O. The van der Waals surface area contributed by atoms with Crippen molar-refractivity contribution in [3.05, 3.63) is 48.5 Å². The van der Waals surface area contributed by atoms with Crippen LogP contribution < -0.4 is 19.7 Å². The molecule has 0 radical (unpaired) electrons. The van der Waals surface area contributed by atoms with E-state index in [2.05, 4.69) is 5.32 Å². The number of nitrogens with zero attached hydrogens (tertiary/aromatic N) is 1. The van der Waals surface area contributed by atoms with Crippen LogP contribution in [0.4, 0.5) is 11.4 Å². The summed E-state index contributed by atoms with van der Waals surface area (Å²) in [7, 11) is 1.59. The van der Waals surface area contributed by atoms with Gasteiger partial charge in [0.2, 0.25) is 11.8 Å². The van der Waals surface area contributed by atoms with E-state index in [1.807, 2.05) is 31.2 Å². The molecule has 1 heterocycles. The van der Waals surface area contributed by atoms with Gasteiger partial charge in [-0.15, -0.1) is 0 Å². The quantitative estimate of drug-likeness (QED) is 0.866. The maximum Gasteiger partial charge on any atom is 0.229 e. The van der Waals surface area contributed by atoms with Crippen LogP contribution in [0.2, 0.25) is 0 Å². The van der Waals surface area contributed by atoms with Crippen LogP contribution in [0.3, 0.4) is 0 Å². The van der Waals surface area contributed by atoms with Crippen LogP contribution in [0, 0.1) is 5.92 Å². The number of anilines is 2. The van der Waals surface area contributed by atoms with Gasteiger partial charge in [-0.25, -0.2) is 0 Å². The van der Waals surface area contributed by atoms with Crippen LogP contribution >= 0.6 is 0 Å². The fraction of sp³-hybridized carbons (Fsp3) is 0.300. The highest BCUT2D eigenvalue weighted by molar-refractivity contribution is 6.04. The molecule has 0 aliphatic carbocycles. The van der Waals surface area contributed by atoms with E-state index < -0.39 is 5.92 Å². The molecule has 3 rings (SSSR count). The number of hydrogen-bond donors (Lipinski definition) is 1. The molecule has 0 saturated carbocycles. The van der Waals surface area contributed by atoms with Gasteiger partial charge in [-0.2, -0.15) is 0 Å². The number of hydrogen-bond acceptors (Lipinski definition) is 4. The van der Waals surface area contributed by atoms with E-state index in [9.17, 15) is 9.59 Å². The molecular formula is C20H22N2O4. The van der Waals surface area contributed by atoms with Gasteiger partial charge >= 0.3 is 0 Å². The molecule has 1 aliphatic heterocycles. The van der Waals surface area contributed by atoms with Crippen molar-refractivity contribution >= 4 is 23.2 Å². The fourth-order valence-corrected chi connectivity index (χ4v) is 2.99. The molecule has 0 bridgehead atoms. The number of benzene rings is 2. The number of ether oxygens (including phenoxy) is 2. The second kappa shape index (κ2) is 7.91. The zero-order valence-electron chi connectivity index (χ0n) is 14.9. The van der Waals surface area contributed by atoms with Crippen LogP contribution in [-0.4, -0.2) is 32.1 Å². The Morgan fingerprint density at radius 3 is 2.62 bits per heavy atom. The van der Waals surface area contributed by atoms with Crippen LogP contribution in [-0.2, 0) is 9.59 Å². The van der Waals surface area contributed by atoms with Gasteiger partial charge in [-0.3, -0.25) is 9.59 Å². The van der Waals surface area contributed by atoms with Gasteiger partial charge in [0.1, 0.15) is 11.5 Å². The first-order chi connectivity index (χ1) is 12.6. The Morgan fingerprint density at radius 1 is 1.19 bits per heavy atom. The van der Waals surface area contributed by atoms with Gasteiger partial charge in [0.05, 0.1) is 25.3 Å². The van der Waals surface area contributed by atoms with E-state index in [1.165, 1.54) is 0 Å². The summed E-state index contributed by atoms with van der Waals surface area (Å²) in [6.07, 6.45) is 0.183. The summed E-state index contributed by atoms with van der Waals surface area (Å²) in [5.41, 5.74) is 1.38. The molecule has 6 nitrogen and oxygen atoms in total. The Hall–Kier alpha value is -3.02. The van der Waals surface area contributed by atoms with Gasteiger partial charge in [0.25, 0.3) is 0 Å². The van der Waals surface area contributed by atoms with Crippen molar-refractivity contribution in [1.29, 1.82) is 0 Å². The highest BCUT2D eigenvalue weighted by Crippen LogP contribution is 2.33. The Kier molecular flexibility index (Phi) is 5.41. The Balaban J connectivity index is 1.70. The second-order valence-corrected chi connectivity index (χ2v) is 6.02. The molecule has 0 spiro atoms. The van der Waals surface area contributed by atoms with Crippen molar-refractivity contribution in [2.75, 3.05) is 30.5 Å². The van der Waals surface area contributed by atoms with Crippen LogP contribution in [0.15, 0.2) is 48.5 Å². The number of carbonyl (C=O) groups is 2. The minimum absolute atomic E-state index is 0.0768. The molecule has 1 aliphatic rings. The third-order valence-electron chi connectivity index (χ3n) is 4.31. The smallest absolute Gasteiger partial charge is 0.229 e. The summed E-state index contributed by atoms with van der Waals surface area (Å²) < 4.78 is 10.7. The molecule has 2 aromatic carbocycles. The summed E-state index contributed by atoms with van der Waals surface area (Å²) >= 11 is 0. The van der Waals surface area contributed by atoms with Crippen LogP contribution in [0.1, 0.15) is 13.3 Å². The number of rotatable bonds is 6. The lowest BCUT2D eigenvalue weighted by molar-refractivity contribution is -0.122. The molecule has 0 aromatic heterocycles. The Bertz CT molecular complexity index is 789. The lowest BCUT2D eigenvalue weighted by atomic mass is 10.1. The highest BCUT2D eigenvalue weighted by Gasteiger charge is 2.36. The van der Waals surface area contributed by atoms with Gasteiger partial charge in [0.15, 0.2) is 0 Å². The third-order valence-corrected chi connectivity index (χ3v) is 4.31. The predicted octanol–water partition coefficient (Wildman–Crippen LogP) is 3.09. The zero-order chi connectivity index (χ0) is 18.5. The molecule has 2 aromatic rings. The highest BCUT2D eigenvalue weighted by atomic mass is 16.5. The summed E-state index contributed by atoms with van der Waals surface area (Å²) in [5.74, 6) is 0.725. The molecule has 26 heavy (non-hydrogen) atoms. The molecule has 6 heteroatoms. The van der Waals surface area contributed by atoms with E-state index in [1.54, 1.807) is 36.3 Å². The minimum Gasteiger partial charge on any atom is -0.497 e. The molecule has 1 fully saturated rings. The number of methoxy groups -OCH3 is 1. The van der Waals surface area contributed by atoms with Crippen molar-refractivity contribution < 1.29 is 19.1 Å². The molecular weight excluding hydrogens is 332 g/mol. The van der Waals surface area contributed by atoms with Gasteiger partial charge in [-0.05, 0) is 43.3 Å². The summed E-state index contributed by atoms with van der Waals surface area (Å²) in [4.78, 5) is 26.6. The van der Waals surface area contributed by atoms with Crippen molar-refractivity contribution in [2.45, 2.75) is 13.3 Å². The molecule has 1 saturated heterocycles. The van der Waals surface area contributed by atoms with Gasteiger partial charge < -0.3 is 19.7 Å². The van der Waals surface area contributed by atoms with Crippen molar-refractivity contribution in [1.82, 2.24) is 0 Å². The Labute approximate surface area is 152 Å². The first-order valence-corrected chi connectivity index (χ1v) is 8.59. The molecule has 0 unspecified atom stereocenters. The van der Waals surface area contributed by atoms with Gasteiger partial charge in [0, 0.05) is 18.7 Å². The van der Waals surface area contributed by atoms with E-state index in [-0.39, 0.29) is 18.2 Å². The lowest BCUT2D eigenvalue weighted by Crippen LogP contribution is -2.28. The van der Waals surface area contributed by atoms with E-state index in [0.29, 0.717) is 30.3 Å². The second-order valence-electron chi connectivity index (χ2n) is 6.02. The average Bonchev–Trinajstić information content (AvgIpc) is 3.05. The van der Waals surface area contributed by atoms with Gasteiger partial charge in [-0.1, -0.05) is 12.1 Å². The first kappa shape index (κ1) is 17.8. The van der Waals surface area contributed by atoms with E-state index >= 15 is 0 Å². The van der Waals surface area contributed by atoms with Crippen LogP contribution in [0.5, 0.6) is 11.5 Å². The number of nitrogens with one attached hydrogen (secondary N) is 1. The largest absolute Gasteiger partial charge is 0.497 e. The average molecular weight is 354 g/mol.